The number of benzene rings is 1. The summed E-state index contributed by atoms with van der Waals surface area (Å²) in [6.07, 6.45) is 0. The average molecular weight is 307 g/mol. The van der Waals surface area contributed by atoms with Crippen LogP contribution in [-0.4, -0.2) is 14.9 Å². The van der Waals surface area contributed by atoms with E-state index in [-0.39, 0.29) is 23.0 Å². The smallest absolute Gasteiger partial charge is 0.293 e. The van der Waals surface area contributed by atoms with Crippen LogP contribution in [0.3, 0.4) is 0 Å². The van der Waals surface area contributed by atoms with E-state index in [2.05, 4.69) is 15.4 Å². The second kappa shape index (κ2) is 6.24. The summed E-state index contributed by atoms with van der Waals surface area (Å²) in [6.45, 7) is 0. The van der Waals surface area contributed by atoms with Crippen LogP contribution in [0, 0.1) is 10.1 Å². The van der Waals surface area contributed by atoms with E-state index in [4.69, 9.17) is 17.3 Å². The van der Waals surface area contributed by atoms with Crippen molar-refractivity contribution in [2.45, 2.75) is 10.9 Å². The number of thioether (sulfide) groups is 1. The Bertz CT molecular complexity index is 659. The van der Waals surface area contributed by atoms with Gasteiger partial charge >= 0.3 is 0 Å². The van der Waals surface area contributed by atoms with Gasteiger partial charge in [0.15, 0.2) is 5.16 Å². The first kappa shape index (κ1) is 14.8. The molecule has 0 saturated heterocycles. The summed E-state index contributed by atoms with van der Waals surface area (Å²) < 4.78 is 0. The molecule has 1 aromatic heterocycles. The van der Waals surface area contributed by atoms with Crippen LogP contribution in [0.5, 0.6) is 0 Å². The van der Waals surface area contributed by atoms with E-state index in [0.717, 1.165) is 5.56 Å². The van der Waals surface area contributed by atoms with E-state index < -0.39 is 4.92 Å². The predicted molar refractivity (Wildman–Crippen MR) is 81.3 cm³/mol. The number of rotatable bonds is 5. The highest BCUT2D eigenvalue weighted by atomic mass is 32.2. The molecule has 0 unspecified atom stereocenters. The maximum Gasteiger partial charge on any atom is 0.293 e. The number of hydrazine groups is 1. The Balaban J connectivity index is 2.14. The number of nitro groups is 1. The molecule has 0 fully saturated rings. The maximum absolute atomic E-state index is 10.8. The minimum atomic E-state index is -0.506. The zero-order valence-electron chi connectivity index (χ0n) is 10.8. The third kappa shape index (κ3) is 3.70. The molecule has 0 aliphatic heterocycles. The van der Waals surface area contributed by atoms with Crippen LogP contribution in [-0.2, 0) is 5.75 Å². The van der Waals surface area contributed by atoms with Gasteiger partial charge in [-0.05, 0) is 11.6 Å². The Hall–Kier alpha value is -2.59. The molecule has 110 valence electrons. The minimum Gasteiger partial charge on any atom is -0.383 e. The molecule has 0 amide bonds. The fraction of sp³-hybridized carbons (Fsp3) is 0.0909. The highest BCUT2D eigenvalue weighted by Crippen LogP contribution is 2.28. The Kier molecular flexibility index (Phi) is 4.40. The topological polar surface area (TPSA) is 159 Å². The summed E-state index contributed by atoms with van der Waals surface area (Å²) in [5, 5.41) is 11.2. The molecule has 2 aromatic rings. The first-order valence-corrected chi connectivity index (χ1v) is 6.75. The van der Waals surface area contributed by atoms with Gasteiger partial charge in [0.05, 0.1) is 4.92 Å². The SMILES string of the molecule is NNc1cc(CSc2nc(N)cc(N)n2)ccc1[N+](=O)[O-]. The number of hydrogen-bond acceptors (Lipinski definition) is 9. The van der Waals surface area contributed by atoms with Crippen molar-refractivity contribution >= 4 is 34.8 Å². The predicted octanol–water partition coefficient (Wildman–Crippen LogP) is 1.13. The van der Waals surface area contributed by atoms with Crippen molar-refractivity contribution in [3.8, 4) is 0 Å². The second-order valence-corrected chi connectivity index (χ2v) is 4.98. The average Bonchev–Trinajstić information content (AvgIpc) is 2.43. The fourth-order valence-electron chi connectivity index (χ4n) is 1.62. The number of nitrogens with one attached hydrogen (secondary N) is 1. The van der Waals surface area contributed by atoms with Crippen LogP contribution in [0.25, 0.3) is 0 Å². The Labute approximate surface area is 124 Å². The highest BCUT2D eigenvalue weighted by molar-refractivity contribution is 7.98. The van der Waals surface area contributed by atoms with Gasteiger partial charge in [0.1, 0.15) is 17.3 Å². The molecule has 0 spiro atoms. The van der Waals surface area contributed by atoms with Crippen LogP contribution in [0.1, 0.15) is 5.56 Å². The Morgan fingerprint density at radius 3 is 2.48 bits per heavy atom. The molecule has 0 radical (unpaired) electrons. The molecule has 0 atom stereocenters. The number of aromatic nitrogens is 2. The quantitative estimate of drug-likeness (QED) is 0.209. The largest absolute Gasteiger partial charge is 0.383 e. The molecule has 1 heterocycles. The molecule has 10 heteroatoms. The molecule has 7 N–H and O–H groups in total. The van der Waals surface area contributed by atoms with Gasteiger partial charge in [0.2, 0.25) is 0 Å². The van der Waals surface area contributed by atoms with Crippen LogP contribution in [0.2, 0.25) is 0 Å². The van der Waals surface area contributed by atoms with E-state index in [1.807, 2.05) is 0 Å². The zero-order chi connectivity index (χ0) is 15.4. The monoisotopic (exact) mass is 307 g/mol. The molecule has 9 nitrogen and oxygen atoms in total. The molecular formula is C11H13N7O2S. The lowest BCUT2D eigenvalue weighted by atomic mass is 10.2. The zero-order valence-corrected chi connectivity index (χ0v) is 11.6. The van der Waals surface area contributed by atoms with E-state index >= 15 is 0 Å². The molecular weight excluding hydrogens is 294 g/mol. The Morgan fingerprint density at radius 1 is 1.24 bits per heavy atom. The number of nitro benzene ring substituents is 1. The summed E-state index contributed by atoms with van der Waals surface area (Å²) in [5.41, 5.74) is 14.5. The van der Waals surface area contributed by atoms with Gasteiger partial charge in [-0.15, -0.1) is 0 Å². The van der Waals surface area contributed by atoms with Crippen LogP contribution < -0.4 is 22.7 Å². The molecule has 2 rings (SSSR count). The summed E-state index contributed by atoms with van der Waals surface area (Å²) in [7, 11) is 0. The van der Waals surface area contributed by atoms with Crippen LogP contribution in [0.15, 0.2) is 29.4 Å². The van der Waals surface area contributed by atoms with Crippen molar-refractivity contribution in [3.05, 3.63) is 39.9 Å². The van der Waals surface area contributed by atoms with Gasteiger partial charge in [-0.3, -0.25) is 16.0 Å². The van der Waals surface area contributed by atoms with Gasteiger partial charge in [0.25, 0.3) is 5.69 Å². The molecule has 1 aromatic carbocycles. The fourth-order valence-corrected chi connectivity index (χ4v) is 2.44. The van der Waals surface area contributed by atoms with Crippen molar-refractivity contribution < 1.29 is 4.92 Å². The molecule has 0 saturated carbocycles. The standard InChI is InChI=1S/C11H13N7O2S/c12-9-4-10(13)16-11(15-9)21-5-6-1-2-8(18(19)20)7(3-6)17-14/h1-4,17H,5,14H2,(H4,12,13,15,16). The molecule has 0 aliphatic carbocycles. The van der Waals surface area contributed by atoms with E-state index in [9.17, 15) is 10.1 Å². The van der Waals surface area contributed by atoms with Gasteiger partial charge < -0.3 is 16.9 Å². The van der Waals surface area contributed by atoms with Gasteiger partial charge in [0, 0.05) is 17.9 Å². The van der Waals surface area contributed by atoms with Crippen molar-refractivity contribution in [1.29, 1.82) is 0 Å². The normalized spacial score (nSPS) is 10.3. The summed E-state index contributed by atoms with van der Waals surface area (Å²) in [5.74, 6) is 6.36. The summed E-state index contributed by atoms with van der Waals surface area (Å²) in [6, 6.07) is 6.09. The number of nitrogens with zero attached hydrogens (tertiary/aromatic N) is 3. The van der Waals surface area contributed by atoms with Crippen molar-refractivity contribution in [1.82, 2.24) is 9.97 Å². The molecule has 21 heavy (non-hydrogen) atoms. The van der Waals surface area contributed by atoms with E-state index in [1.54, 1.807) is 12.1 Å². The third-order valence-electron chi connectivity index (χ3n) is 2.53. The van der Waals surface area contributed by atoms with E-state index in [0.29, 0.717) is 10.9 Å². The third-order valence-corrected chi connectivity index (χ3v) is 3.44. The van der Waals surface area contributed by atoms with Crippen LogP contribution >= 0.6 is 11.8 Å². The lowest BCUT2D eigenvalue weighted by Gasteiger charge is -2.06. The van der Waals surface area contributed by atoms with Gasteiger partial charge in [-0.1, -0.05) is 17.8 Å². The summed E-state index contributed by atoms with van der Waals surface area (Å²) in [4.78, 5) is 18.4. The lowest BCUT2D eigenvalue weighted by molar-refractivity contribution is -0.384. The van der Waals surface area contributed by atoms with Gasteiger partial charge in [-0.2, -0.15) is 0 Å². The molecule has 0 aliphatic rings. The van der Waals surface area contributed by atoms with Crippen molar-refractivity contribution in [2.75, 3.05) is 16.9 Å². The number of anilines is 3. The van der Waals surface area contributed by atoms with Crippen LogP contribution in [0.4, 0.5) is 23.0 Å². The second-order valence-electron chi connectivity index (χ2n) is 4.04. The number of nitrogens with two attached hydrogens (primary N) is 3. The van der Waals surface area contributed by atoms with Gasteiger partial charge in [-0.25, -0.2) is 9.97 Å². The first-order valence-electron chi connectivity index (χ1n) is 5.76. The number of hydrogen-bond donors (Lipinski definition) is 4. The number of nitrogen functional groups attached to an aromatic ring is 3. The minimum absolute atomic E-state index is 0.0873. The first-order chi connectivity index (χ1) is 9.99. The maximum atomic E-state index is 10.8. The Morgan fingerprint density at radius 2 is 1.90 bits per heavy atom. The summed E-state index contributed by atoms with van der Waals surface area (Å²) >= 11 is 1.31. The highest BCUT2D eigenvalue weighted by Gasteiger charge is 2.13. The van der Waals surface area contributed by atoms with Crippen molar-refractivity contribution in [2.24, 2.45) is 5.84 Å². The lowest BCUT2D eigenvalue weighted by Crippen LogP contribution is -2.09. The van der Waals surface area contributed by atoms with Crippen molar-refractivity contribution in [3.63, 3.8) is 0 Å². The van der Waals surface area contributed by atoms with E-state index in [1.165, 1.54) is 23.9 Å². The molecule has 0 bridgehead atoms.